The lowest BCUT2D eigenvalue weighted by molar-refractivity contribution is 0.240. The molecule has 0 saturated heterocycles. The Kier molecular flexibility index (Phi) is 5.11. The predicted octanol–water partition coefficient (Wildman–Crippen LogP) is 1.75. The molecule has 0 aliphatic rings. The first kappa shape index (κ1) is 14.5. The molecule has 2 N–H and O–H groups in total. The van der Waals surface area contributed by atoms with Gasteiger partial charge >= 0.3 is 6.03 Å². The lowest BCUT2D eigenvalue weighted by Gasteiger charge is -2.11. The molecule has 1 atom stereocenters. The van der Waals surface area contributed by atoms with E-state index in [2.05, 4.69) is 27.5 Å². The largest absolute Gasteiger partial charge is 0.337 e. The van der Waals surface area contributed by atoms with Crippen molar-refractivity contribution in [3.05, 3.63) is 34.8 Å². The third kappa shape index (κ3) is 4.34. The summed E-state index contributed by atoms with van der Waals surface area (Å²) in [6.07, 6.45) is 5.32. The van der Waals surface area contributed by atoms with Gasteiger partial charge in [-0.3, -0.25) is 0 Å². The molecule has 6 nitrogen and oxygen atoms in total. The average molecular weight is 293 g/mol. The summed E-state index contributed by atoms with van der Waals surface area (Å²) in [5.74, 6) is 0.230. The van der Waals surface area contributed by atoms with Crippen LogP contribution < -0.4 is 10.6 Å². The van der Waals surface area contributed by atoms with E-state index in [1.54, 1.807) is 23.9 Å². The number of rotatable bonds is 6. The number of nitrogens with one attached hydrogen (secondary N) is 2. The van der Waals surface area contributed by atoms with Gasteiger partial charge in [0.2, 0.25) is 0 Å². The summed E-state index contributed by atoms with van der Waals surface area (Å²) in [4.78, 5) is 20.0. The van der Waals surface area contributed by atoms with Gasteiger partial charge in [-0.1, -0.05) is 6.92 Å². The molecule has 108 valence electrons. The van der Waals surface area contributed by atoms with Crippen molar-refractivity contribution in [2.24, 2.45) is 0 Å². The van der Waals surface area contributed by atoms with Crippen LogP contribution in [0.5, 0.6) is 0 Å². The van der Waals surface area contributed by atoms with Gasteiger partial charge in [-0.25, -0.2) is 14.8 Å². The first-order valence-electron chi connectivity index (χ1n) is 6.54. The SMILES string of the molecule is Cc1csc([C@@H](C)CNC(=O)NCCn2ccnc2)n1. The van der Waals surface area contributed by atoms with Crippen LogP contribution in [0.1, 0.15) is 23.5 Å². The summed E-state index contributed by atoms with van der Waals surface area (Å²) in [5, 5.41) is 8.76. The van der Waals surface area contributed by atoms with E-state index in [-0.39, 0.29) is 11.9 Å². The highest BCUT2D eigenvalue weighted by atomic mass is 32.1. The van der Waals surface area contributed by atoms with Crippen LogP contribution in [0.2, 0.25) is 0 Å². The third-order valence-electron chi connectivity index (χ3n) is 2.84. The summed E-state index contributed by atoms with van der Waals surface area (Å²) >= 11 is 1.63. The molecular formula is C13H19N5OS. The number of nitrogens with zero attached hydrogens (tertiary/aromatic N) is 3. The Bertz CT molecular complexity index is 537. The lowest BCUT2D eigenvalue weighted by atomic mass is 10.2. The highest BCUT2D eigenvalue weighted by molar-refractivity contribution is 7.09. The zero-order chi connectivity index (χ0) is 14.4. The Balaban J connectivity index is 1.64. The van der Waals surface area contributed by atoms with Crippen LogP contribution in [-0.4, -0.2) is 33.7 Å². The van der Waals surface area contributed by atoms with Gasteiger partial charge in [0.05, 0.1) is 11.3 Å². The molecule has 20 heavy (non-hydrogen) atoms. The van der Waals surface area contributed by atoms with E-state index >= 15 is 0 Å². The quantitative estimate of drug-likeness (QED) is 0.852. The molecule has 2 heterocycles. The molecule has 0 aromatic carbocycles. The normalized spacial score (nSPS) is 12.1. The Morgan fingerprint density at radius 2 is 2.35 bits per heavy atom. The number of imidazole rings is 1. The van der Waals surface area contributed by atoms with Gasteiger partial charge in [0.15, 0.2) is 0 Å². The van der Waals surface area contributed by atoms with E-state index in [0.29, 0.717) is 19.6 Å². The molecule has 0 radical (unpaired) electrons. The summed E-state index contributed by atoms with van der Waals surface area (Å²) < 4.78 is 1.92. The van der Waals surface area contributed by atoms with Gasteiger partial charge in [0.1, 0.15) is 0 Å². The summed E-state index contributed by atoms with van der Waals surface area (Å²) in [5.41, 5.74) is 1.03. The first-order valence-corrected chi connectivity index (χ1v) is 7.42. The molecule has 0 unspecified atom stereocenters. The van der Waals surface area contributed by atoms with Gasteiger partial charge in [0.25, 0.3) is 0 Å². The monoisotopic (exact) mass is 293 g/mol. The molecule has 0 aliphatic heterocycles. The van der Waals surface area contributed by atoms with Gasteiger partial charge < -0.3 is 15.2 Å². The van der Waals surface area contributed by atoms with Crippen LogP contribution in [0.3, 0.4) is 0 Å². The molecule has 0 fully saturated rings. The smallest absolute Gasteiger partial charge is 0.314 e. The van der Waals surface area contributed by atoms with E-state index in [1.165, 1.54) is 0 Å². The number of amides is 2. The Morgan fingerprint density at radius 1 is 1.50 bits per heavy atom. The summed E-state index contributed by atoms with van der Waals surface area (Å²) in [7, 11) is 0. The van der Waals surface area contributed by atoms with Crippen molar-refractivity contribution in [1.82, 2.24) is 25.2 Å². The molecule has 2 amide bonds. The molecule has 0 aliphatic carbocycles. The maximum atomic E-state index is 11.6. The van der Waals surface area contributed by atoms with Crippen molar-refractivity contribution in [3.63, 3.8) is 0 Å². The highest BCUT2D eigenvalue weighted by Crippen LogP contribution is 2.18. The second-order valence-electron chi connectivity index (χ2n) is 4.67. The van der Waals surface area contributed by atoms with Crippen LogP contribution in [0.4, 0.5) is 4.79 Å². The topological polar surface area (TPSA) is 71.8 Å². The molecule has 2 aromatic heterocycles. The Morgan fingerprint density at radius 3 is 3.00 bits per heavy atom. The van der Waals surface area contributed by atoms with Crippen LogP contribution in [0, 0.1) is 6.92 Å². The second kappa shape index (κ2) is 7.04. The number of carbonyl (C=O) groups is 1. The van der Waals surface area contributed by atoms with Crippen molar-refractivity contribution in [3.8, 4) is 0 Å². The summed E-state index contributed by atoms with van der Waals surface area (Å²) in [6.45, 7) is 5.92. The molecular weight excluding hydrogens is 274 g/mol. The molecule has 0 saturated carbocycles. The van der Waals surface area contributed by atoms with Gasteiger partial charge in [-0.15, -0.1) is 11.3 Å². The van der Waals surface area contributed by atoms with Crippen molar-refractivity contribution < 1.29 is 4.79 Å². The number of thiazole rings is 1. The Hall–Kier alpha value is -1.89. The van der Waals surface area contributed by atoms with Crippen LogP contribution in [-0.2, 0) is 6.54 Å². The average Bonchev–Trinajstić information content (AvgIpc) is 3.07. The first-order chi connectivity index (χ1) is 9.65. The van der Waals surface area contributed by atoms with Gasteiger partial charge in [-0.2, -0.15) is 0 Å². The number of aryl methyl sites for hydroxylation is 1. The van der Waals surface area contributed by atoms with Crippen LogP contribution in [0.25, 0.3) is 0 Å². The number of urea groups is 1. The molecule has 0 spiro atoms. The maximum Gasteiger partial charge on any atom is 0.314 e. The zero-order valence-electron chi connectivity index (χ0n) is 11.7. The van der Waals surface area contributed by atoms with Gasteiger partial charge in [-0.05, 0) is 6.92 Å². The third-order valence-corrected chi connectivity index (χ3v) is 4.04. The van der Waals surface area contributed by atoms with Crippen molar-refractivity contribution >= 4 is 17.4 Å². The van der Waals surface area contributed by atoms with E-state index in [0.717, 1.165) is 10.7 Å². The van der Waals surface area contributed by atoms with Crippen molar-refractivity contribution in [2.75, 3.05) is 13.1 Å². The van der Waals surface area contributed by atoms with Gasteiger partial charge in [0, 0.05) is 49.0 Å². The van der Waals surface area contributed by atoms with E-state index in [1.807, 2.05) is 23.1 Å². The molecule has 2 aromatic rings. The minimum atomic E-state index is -0.148. The molecule has 0 bridgehead atoms. The fourth-order valence-corrected chi connectivity index (χ4v) is 2.57. The molecule has 2 rings (SSSR count). The lowest BCUT2D eigenvalue weighted by Crippen LogP contribution is -2.38. The van der Waals surface area contributed by atoms with E-state index < -0.39 is 0 Å². The fourth-order valence-electron chi connectivity index (χ4n) is 1.71. The van der Waals surface area contributed by atoms with Crippen LogP contribution in [0.15, 0.2) is 24.1 Å². The van der Waals surface area contributed by atoms with Crippen molar-refractivity contribution in [1.29, 1.82) is 0 Å². The van der Waals surface area contributed by atoms with E-state index in [9.17, 15) is 4.79 Å². The zero-order valence-corrected chi connectivity index (χ0v) is 12.5. The van der Waals surface area contributed by atoms with Crippen LogP contribution >= 0.6 is 11.3 Å². The molecule has 7 heteroatoms. The fraction of sp³-hybridized carbons (Fsp3) is 0.462. The number of carbonyl (C=O) groups excluding carboxylic acids is 1. The number of hydrogen-bond donors (Lipinski definition) is 2. The van der Waals surface area contributed by atoms with E-state index in [4.69, 9.17) is 0 Å². The number of aromatic nitrogens is 3. The standard InChI is InChI=1S/C13H19N5OS/c1-10(12-17-11(2)8-20-12)7-16-13(19)15-4-6-18-5-3-14-9-18/h3,5,8-10H,4,6-7H2,1-2H3,(H2,15,16,19)/t10-/m0/s1. The Labute approximate surface area is 122 Å². The maximum absolute atomic E-state index is 11.6. The minimum absolute atomic E-state index is 0.148. The minimum Gasteiger partial charge on any atom is -0.337 e. The predicted molar refractivity (Wildman–Crippen MR) is 78.9 cm³/mol. The highest BCUT2D eigenvalue weighted by Gasteiger charge is 2.10. The summed E-state index contributed by atoms with van der Waals surface area (Å²) in [6, 6.07) is -0.148. The van der Waals surface area contributed by atoms with Crippen molar-refractivity contribution in [2.45, 2.75) is 26.3 Å². The number of hydrogen-bond acceptors (Lipinski definition) is 4. The second-order valence-corrected chi connectivity index (χ2v) is 5.56.